The molecule has 3 aromatic rings. The van der Waals surface area contributed by atoms with Crippen molar-refractivity contribution in [1.82, 2.24) is 15.2 Å². The summed E-state index contributed by atoms with van der Waals surface area (Å²) in [5.41, 5.74) is 8.50. The number of nitrogens with zero attached hydrogens (tertiary/aromatic N) is 2. The van der Waals surface area contributed by atoms with Crippen LogP contribution in [0.5, 0.6) is 0 Å². The monoisotopic (exact) mass is 450 g/mol. The SMILES string of the molecule is CC(c1ccc(-c2ncc(CN)s2)cc1)N1CCC(CCCO)(c2ccccc2)NC1=O. The van der Waals surface area contributed by atoms with Crippen LogP contribution in [0, 0.1) is 0 Å². The molecular weight excluding hydrogens is 420 g/mol. The molecule has 4 rings (SSSR count). The van der Waals surface area contributed by atoms with E-state index in [1.165, 1.54) is 0 Å². The molecule has 2 heterocycles. The van der Waals surface area contributed by atoms with Crippen LogP contribution in [0.4, 0.5) is 4.79 Å². The van der Waals surface area contributed by atoms with Gasteiger partial charge in [0.05, 0.1) is 11.6 Å². The fraction of sp³-hybridized carbons (Fsp3) is 0.360. The molecule has 2 atom stereocenters. The van der Waals surface area contributed by atoms with Gasteiger partial charge < -0.3 is 21.1 Å². The maximum absolute atomic E-state index is 13.2. The Kier molecular flexibility index (Phi) is 6.89. The number of nitrogens with two attached hydrogens (primary N) is 1. The zero-order valence-corrected chi connectivity index (χ0v) is 19.1. The van der Waals surface area contributed by atoms with Crippen LogP contribution in [-0.4, -0.2) is 34.2 Å². The second-order valence-corrected chi connectivity index (χ2v) is 9.40. The van der Waals surface area contributed by atoms with Gasteiger partial charge in [0.25, 0.3) is 0 Å². The molecule has 6 nitrogen and oxygen atoms in total. The van der Waals surface area contributed by atoms with Gasteiger partial charge in [-0.15, -0.1) is 11.3 Å². The summed E-state index contributed by atoms with van der Waals surface area (Å²) in [4.78, 5) is 20.6. The first-order valence-electron chi connectivity index (χ1n) is 11.1. The van der Waals surface area contributed by atoms with Crippen LogP contribution in [-0.2, 0) is 12.1 Å². The maximum atomic E-state index is 13.2. The number of aliphatic hydroxyl groups excluding tert-OH is 1. The first-order chi connectivity index (χ1) is 15.6. The first kappa shape index (κ1) is 22.5. The average Bonchev–Trinajstić information content (AvgIpc) is 3.32. The molecule has 1 saturated heterocycles. The first-order valence-corrected chi connectivity index (χ1v) is 11.9. The molecule has 7 heteroatoms. The Labute approximate surface area is 193 Å². The molecule has 0 spiro atoms. The summed E-state index contributed by atoms with van der Waals surface area (Å²) in [5, 5.41) is 13.6. The number of carbonyl (C=O) groups is 1. The molecule has 0 bridgehead atoms. The smallest absolute Gasteiger partial charge is 0.318 e. The highest BCUT2D eigenvalue weighted by molar-refractivity contribution is 7.15. The number of thiazole rings is 1. The summed E-state index contributed by atoms with van der Waals surface area (Å²) < 4.78 is 0. The number of aliphatic hydroxyl groups is 1. The summed E-state index contributed by atoms with van der Waals surface area (Å²) in [6.07, 6.45) is 3.99. The van der Waals surface area contributed by atoms with Crippen molar-refractivity contribution in [1.29, 1.82) is 0 Å². The Bertz CT molecular complexity index is 1040. The van der Waals surface area contributed by atoms with Gasteiger partial charge in [0.15, 0.2) is 0 Å². The van der Waals surface area contributed by atoms with E-state index in [1.807, 2.05) is 29.3 Å². The number of hydrogen-bond acceptors (Lipinski definition) is 5. The van der Waals surface area contributed by atoms with E-state index in [2.05, 4.69) is 53.6 Å². The van der Waals surface area contributed by atoms with E-state index >= 15 is 0 Å². The molecule has 1 aliphatic heterocycles. The summed E-state index contributed by atoms with van der Waals surface area (Å²) in [6, 6.07) is 18.2. The summed E-state index contributed by atoms with van der Waals surface area (Å²) in [6.45, 7) is 3.33. The molecule has 2 aromatic carbocycles. The molecule has 32 heavy (non-hydrogen) atoms. The Morgan fingerprint density at radius 3 is 2.59 bits per heavy atom. The Hall–Kier alpha value is -2.74. The van der Waals surface area contributed by atoms with Crippen molar-refractivity contribution in [3.05, 3.63) is 76.8 Å². The summed E-state index contributed by atoms with van der Waals surface area (Å²) in [7, 11) is 0. The molecule has 0 aliphatic carbocycles. The van der Waals surface area contributed by atoms with Crippen molar-refractivity contribution < 1.29 is 9.90 Å². The lowest BCUT2D eigenvalue weighted by molar-refractivity contribution is 0.117. The third-order valence-corrected chi connectivity index (χ3v) is 7.41. The lowest BCUT2D eigenvalue weighted by Gasteiger charge is -2.45. The van der Waals surface area contributed by atoms with Crippen LogP contribution in [0.3, 0.4) is 0 Å². The third-order valence-electron chi connectivity index (χ3n) is 6.34. The van der Waals surface area contributed by atoms with Gasteiger partial charge in [0, 0.05) is 36.3 Å². The van der Waals surface area contributed by atoms with Crippen molar-refractivity contribution in [3.8, 4) is 10.6 Å². The van der Waals surface area contributed by atoms with E-state index in [0.717, 1.165) is 39.4 Å². The largest absolute Gasteiger partial charge is 0.396 e. The summed E-state index contributed by atoms with van der Waals surface area (Å²) >= 11 is 1.60. The van der Waals surface area contributed by atoms with Gasteiger partial charge in [0.2, 0.25) is 0 Å². The van der Waals surface area contributed by atoms with Crippen molar-refractivity contribution in [2.24, 2.45) is 5.73 Å². The van der Waals surface area contributed by atoms with Gasteiger partial charge in [-0.05, 0) is 37.3 Å². The number of urea groups is 1. The normalized spacial score (nSPS) is 19.6. The minimum atomic E-state index is -0.438. The van der Waals surface area contributed by atoms with E-state index in [-0.39, 0.29) is 18.7 Å². The van der Waals surface area contributed by atoms with Gasteiger partial charge in [0.1, 0.15) is 5.01 Å². The third kappa shape index (κ3) is 4.55. The van der Waals surface area contributed by atoms with Crippen LogP contribution in [0.25, 0.3) is 10.6 Å². The molecule has 4 N–H and O–H groups in total. The van der Waals surface area contributed by atoms with E-state index < -0.39 is 5.54 Å². The van der Waals surface area contributed by atoms with Gasteiger partial charge in [-0.3, -0.25) is 0 Å². The minimum absolute atomic E-state index is 0.0495. The minimum Gasteiger partial charge on any atom is -0.396 e. The number of nitrogens with one attached hydrogen (secondary N) is 1. The zero-order chi connectivity index (χ0) is 22.6. The molecule has 0 saturated carbocycles. The predicted octanol–water partition coefficient (Wildman–Crippen LogP) is 4.41. The van der Waals surface area contributed by atoms with Crippen LogP contribution in [0.2, 0.25) is 0 Å². The molecular formula is C25H30N4O2S. The molecule has 2 unspecified atom stereocenters. The zero-order valence-electron chi connectivity index (χ0n) is 18.3. The van der Waals surface area contributed by atoms with E-state index in [9.17, 15) is 9.90 Å². The lowest BCUT2D eigenvalue weighted by atomic mass is 9.81. The Morgan fingerprint density at radius 2 is 1.97 bits per heavy atom. The molecule has 0 radical (unpaired) electrons. The fourth-order valence-electron chi connectivity index (χ4n) is 4.43. The van der Waals surface area contributed by atoms with Crippen LogP contribution < -0.4 is 11.1 Å². The van der Waals surface area contributed by atoms with Crippen molar-refractivity contribution in [2.75, 3.05) is 13.2 Å². The number of aromatic nitrogens is 1. The van der Waals surface area contributed by atoms with Crippen molar-refractivity contribution in [3.63, 3.8) is 0 Å². The Balaban J connectivity index is 1.49. The molecule has 168 valence electrons. The van der Waals surface area contributed by atoms with Crippen molar-refractivity contribution >= 4 is 17.4 Å². The van der Waals surface area contributed by atoms with Crippen LogP contribution in [0.15, 0.2) is 60.8 Å². The number of carbonyl (C=O) groups excluding carboxylic acids is 1. The van der Waals surface area contributed by atoms with Gasteiger partial charge in [-0.2, -0.15) is 0 Å². The molecule has 1 fully saturated rings. The maximum Gasteiger partial charge on any atom is 0.318 e. The molecule has 2 amide bonds. The topological polar surface area (TPSA) is 91.5 Å². The highest BCUT2D eigenvalue weighted by atomic mass is 32.1. The quantitative estimate of drug-likeness (QED) is 0.474. The number of benzene rings is 2. The standard InChI is InChI=1S/C25H30N4O2S/c1-18(19-8-10-20(11-9-19)23-27-17-22(16-26)32-23)29-14-13-25(12-5-15-30,28-24(29)31)21-6-3-2-4-7-21/h2-4,6-11,17-18,30H,5,12-16,26H2,1H3,(H,28,31). The van der Waals surface area contributed by atoms with Gasteiger partial charge in [-0.25, -0.2) is 9.78 Å². The van der Waals surface area contributed by atoms with Crippen molar-refractivity contribution in [2.45, 2.75) is 44.3 Å². The highest BCUT2D eigenvalue weighted by Crippen LogP contribution is 2.36. The molecule has 1 aliphatic rings. The highest BCUT2D eigenvalue weighted by Gasteiger charge is 2.40. The second kappa shape index (κ2) is 9.81. The molecule has 1 aromatic heterocycles. The predicted molar refractivity (Wildman–Crippen MR) is 128 cm³/mol. The number of hydrogen-bond donors (Lipinski definition) is 3. The van der Waals surface area contributed by atoms with E-state index in [4.69, 9.17) is 5.73 Å². The fourth-order valence-corrected chi connectivity index (χ4v) is 5.22. The summed E-state index contributed by atoms with van der Waals surface area (Å²) in [5.74, 6) is 0. The van der Waals surface area contributed by atoms with Gasteiger partial charge >= 0.3 is 6.03 Å². The van der Waals surface area contributed by atoms with Gasteiger partial charge in [-0.1, -0.05) is 54.6 Å². The van der Waals surface area contributed by atoms with Crippen LogP contribution >= 0.6 is 11.3 Å². The number of amides is 2. The Morgan fingerprint density at radius 1 is 1.22 bits per heavy atom. The lowest BCUT2D eigenvalue weighted by Crippen LogP contribution is -2.58. The van der Waals surface area contributed by atoms with Crippen LogP contribution in [0.1, 0.15) is 48.2 Å². The average molecular weight is 451 g/mol. The second-order valence-electron chi connectivity index (χ2n) is 8.28. The van der Waals surface area contributed by atoms with E-state index in [1.54, 1.807) is 11.3 Å². The number of rotatable bonds is 8. The van der Waals surface area contributed by atoms with E-state index in [0.29, 0.717) is 19.5 Å².